The maximum Gasteiger partial charge on any atom is 0.241 e. The number of piperazine rings is 1. The summed E-state index contributed by atoms with van der Waals surface area (Å²) in [5.74, 6) is 1.23. The van der Waals surface area contributed by atoms with Crippen LogP contribution in [0, 0.1) is 6.92 Å². The van der Waals surface area contributed by atoms with Gasteiger partial charge in [0.15, 0.2) is 0 Å². The third-order valence-corrected chi connectivity index (χ3v) is 3.26. The molecule has 0 saturated carbocycles. The van der Waals surface area contributed by atoms with Crippen LogP contribution >= 0.6 is 0 Å². The van der Waals surface area contributed by atoms with Crippen LogP contribution in [0.3, 0.4) is 0 Å². The lowest BCUT2D eigenvalue weighted by molar-refractivity contribution is 0.203. The second kappa shape index (κ2) is 5.46. The Morgan fingerprint density at radius 3 is 3.00 bits per heavy atom. The summed E-state index contributed by atoms with van der Waals surface area (Å²) in [7, 11) is 0. The van der Waals surface area contributed by atoms with Crippen molar-refractivity contribution in [2.45, 2.75) is 13.5 Å². The summed E-state index contributed by atoms with van der Waals surface area (Å²) in [5, 5.41) is 7.34. The van der Waals surface area contributed by atoms with Gasteiger partial charge in [-0.05, 0) is 18.6 Å². The largest absolute Gasteiger partial charge is 0.337 e. The Bertz CT molecular complexity index is 547. The van der Waals surface area contributed by atoms with Crippen molar-refractivity contribution in [3.8, 4) is 11.5 Å². The highest BCUT2D eigenvalue weighted by molar-refractivity contribution is 5.52. The summed E-state index contributed by atoms with van der Waals surface area (Å²) in [4.78, 5) is 11.0. The van der Waals surface area contributed by atoms with Gasteiger partial charge in [0, 0.05) is 32.4 Å². The molecule has 0 unspecified atom stereocenters. The number of pyridine rings is 1. The van der Waals surface area contributed by atoms with E-state index in [0.717, 1.165) is 37.4 Å². The van der Waals surface area contributed by atoms with Gasteiger partial charge in [-0.15, -0.1) is 0 Å². The van der Waals surface area contributed by atoms with E-state index in [1.54, 1.807) is 6.20 Å². The quantitative estimate of drug-likeness (QED) is 0.881. The topological polar surface area (TPSA) is 67.1 Å². The fourth-order valence-electron chi connectivity index (χ4n) is 2.20. The molecule has 0 amide bonds. The van der Waals surface area contributed by atoms with Gasteiger partial charge >= 0.3 is 0 Å². The maximum absolute atomic E-state index is 5.31. The Morgan fingerprint density at radius 2 is 2.21 bits per heavy atom. The van der Waals surface area contributed by atoms with E-state index in [1.165, 1.54) is 0 Å². The summed E-state index contributed by atoms with van der Waals surface area (Å²) >= 11 is 0. The Kier molecular flexibility index (Phi) is 3.52. The Hall–Kier alpha value is -1.79. The van der Waals surface area contributed by atoms with Crippen molar-refractivity contribution in [3.63, 3.8) is 0 Å². The van der Waals surface area contributed by atoms with Crippen molar-refractivity contribution in [3.05, 3.63) is 29.8 Å². The molecule has 100 valence electrons. The molecule has 1 aliphatic rings. The van der Waals surface area contributed by atoms with Crippen LogP contribution in [0.2, 0.25) is 0 Å². The number of hydrogen-bond donors (Lipinski definition) is 1. The van der Waals surface area contributed by atoms with Crippen LogP contribution in [0.1, 0.15) is 11.5 Å². The van der Waals surface area contributed by atoms with E-state index >= 15 is 0 Å². The van der Waals surface area contributed by atoms with Crippen molar-refractivity contribution in [1.29, 1.82) is 0 Å². The molecule has 0 aliphatic carbocycles. The minimum Gasteiger partial charge on any atom is -0.337 e. The molecule has 1 saturated heterocycles. The Labute approximate surface area is 111 Å². The van der Waals surface area contributed by atoms with Crippen LogP contribution in [0.15, 0.2) is 22.9 Å². The molecule has 2 aromatic heterocycles. The first-order valence-corrected chi connectivity index (χ1v) is 6.50. The van der Waals surface area contributed by atoms with Gasteiger partial charge in [-0.1, -0.05) is 11.2 Å². The predicted molar refractivity (Wildman–Crippen MR) is 70.4 cm³/mol. The lowest BCUT2D eigenvalue weighted by Gasteiger charge is -2.25. The zero-order chi connectivity index (χ0) is 13.1. The van der Waals surface area contributed by atoms with E-state index in [4.69, 9.17) is 4.52 Å². The SMILES string of the molecule is Cc1cccnc1-c1noc(CN2CCNCC2)n1. The van der Waals surface area contributed by atoms with E-state index < -0.39 is 0 Å². The second-order valence-corrected chi connectivity index (χ2v) is 4.71. The van der Waals surface area contributed by atoms with Crippen LogP contribution in [-0.4, -0.2) is 46.2 Å². The summed E-state index contributed by atoms with van der Waals surface area (Å²) in [5.41, 5.74) is 1.84. The van der Waals surface area contributed by atoms with Crippen LogP contribution in [0.25, 0.3) is 11.5 Å². The number of rotatable bonds is 3. The standard InChI is InChI=1S/C13H17N5O/c1-10-3-2-4-15-12(10)13-16-11(19-17-13)9-18-7-5-14-6-8-18/h2-4,14H,5-9H2,1H3. The fourth-order valence-corrected chi connectivity index (χ4v) is 2.20. The highest BCUT2D eigenvalue weighted by Gasteiger charge is 2.16. The molecule has 0 bridgehead atoms. The highest BCUT2D eigenvalue weighted by atomic mass is 16.5. The smallest absolute Gasteiger partial charge is 0.241 e. The van der Waals surface area contributed by atoms with Gasteiger partial charge in [0.25, 0.3) is 0 Å². The van der Waals surface area contributed by atoms with Crippen LogP contribution in [-0.2, 0) is 6.54 Å². The first-order chi connectivity index (χ1) is 9.33. The first kappa shape index (κ1) is 12.3. The summed E-state index contributed by atoms with van der Waals surface area (Å²) < 4.78 is 5.31. The number of nitrogens with one attached hydrogen (secondary N) is 1. The van der Waals surface area contributed by atoms with Gasteiger partial charge < -0.3 is 9.84 Å². The molecule has 1 N–H and O–H groups in total. The molecule has 0 aromatic carbocycles. The van der Waals surface area contributed by atoms with Crippen molar-refractivity contribution in [2.24, 2.45) is 0 Å². The molecule has 1 aliphatic heterocycles. The molecule has 6 heteroatoms. The van der Waals surface area contributed by atoms with Gasteiger partial charge in [-0.3, -0.25) is 9.88 Å². The van der Waals surface area contributed by atoms with Crippen LogP contribution < -0.4 is 5.32 Å². The maximum atomic E-state index is 5.31. The van der Waals surface area contributed by atoms with Gasteiger partial charge in [-0.25, -0.2) is 0 Å². The highest BCUT2D eigenvalue weighted by Crippen LogP contribution is 2.17. The monoisotopic (exact) mass is 259 g/mol. The molecule has 0 spiro atoms. The molecule has 2 aromatic rings. The van der Waals surface area contributed by atoms with Crippen LogP contribution in [0.5, 0.6) is 0 Å². The van der Waals surface area contributed by atoms with E-state index in [0.29, 0.717) is 18.3 Å². The molecule has 1 fully saturated rings. The molecule has 19 heavy (non-hydrogen) atoms. The molecule has 6 nitrogen and oxygen atoms in total. The summed E-state index contributed by atoms with van der Waals surface area (Å²) in [6.45, 7) is 6.76. The van der Waals surface area contributed by atoms with Crippen LogP contribution in [0.4, 0.5) is 0 Å². The van der Waals surface area contributed by atoms with Crippen molar-refractivity contribution in [1.82, 2.24) is 25.3 Å². The number of aromatic nitrogens is 3. The van der Waals surface area contributed by atoms with Gasteiger partial charge in [0.2, 0.25) is 11.7 Å². The molecular weight excluding hydrogens is 242 g/mol. The van der Waals surface area contributed by atoms with Gasteiger partial charge in [-0.2, -0.15) is 4.98 Å². The predicted octanol–water partition coefficient (Wildman–Crippen LogP) is 0.845. The van der Waals surface area contributed by atoms with Gasteiger partial charge in [0.05, 0.1) is 6.54 Å². The zero-order valence-electron chi connectivity index (χ0n) is 11.0. The van der Waals surface area contributed by atoms with E-state index in [9.17, 15) is 0 Å². The third-order valence-electron chi connectivity index (χ3n) is 3.26. The third kappa shape index (κ3) is 2.80. The van der Waals surface area contributed by atoms with E-state index in [2.05, 4.69) is 25.3 Å². The lowest BCUT2D eigenvalue weighted by Crippen LogP contribution is -2.42. The summed E-state index contributed by atoms with van der Waals surface area (Å²) in [6, 6.07) is 3.90. The summed E-state index contributed by atoms with van der Waals surface area (Å²) in [6.07, 6.45) is 1.74. The molecule has 3 heterocycles. The van der Waals surface area contributed by atoms with E-state index in [-0.39, 0.29) is 0 Å². The molecule has 3 rings (SSSR count). The van der Waals surface area contributed by atoms with Crippen molar-refractivity contribution < 1.29 is 4.52 Å². The average Bonchev–Trinajstić information content (AvgIpc) is 2.89. The number of nitrogens with zero attached hydrogens (tertiary/aromatic N) is 4. The zero-order valence-corrected chi connectivity index (χ0v) is 11.0. The number of hydrogen-bond acceptors (Lipinski definition) is 6. The van der Waals surface area contributed by atoms with Crippen molar-refractivity contribution >= 4 is 0 Å². The second-order valence-electron chi connectivity index (χ2n) is 4.71. The lowest BCUT2D eigenvalue weighted by atomic mass is 10.2. The minimum absolute atomic E-state index is 0.572. The Balaban J connectivity index is 1.74. The molecule has 0 atom stereocenters. The van der Waals surface area contributed by atoms with Crippen molar-refractivity contribution in [2.75, 3.05) is 26.2 Å². The first-order valence-electron chi connectivity index (χ1n) is 6.50. The normalized spacial score (nSPS) is 16.7. The molecular formula is C13H17N5O. The molecule has 0 radical (unpaired) electrons. The Morgan fingerprint density at radius 1 is 1.37 bits per heavy atom. The van der Waals surface area contributed by atoms with Gasteiger partial charge in [0.1, 0.15) is 5.69 Å². The number of aryl methyl sites for hydroxylation is 1. The van der Waals surface area contributed by atoms with E-state index in [1.807, 2.05) is 19.1 Å². The average molecular weight is 259 g/mol. The minimum atomic E-state index is 0.572. The fraction of sp³-hybridized carbons (Fsp3) is 0.462.